The van der Waals surface area contributed by atoms with Gasteiger partial charge in [0, 0.05) is 37.1 Å². The zero-order chi connectivity index (χ0) is 23.1. The van der Waals surface area contributed by atoms with Crippen LogP contribution in [0.1, 0.15) is 37.1 Å². The van der Waals surface area contributed by atoms with Gasteiger partial charge >= 0.3 is 0 Å². The SMILES string of the molecule is COc1ccc2c(c1)NC1(CCN(C(C)c3cccc(N4CC=NN=N4)c3)CC1)c1cccn1-2. The molecule has 8 nitrogen and oxygen atoms in total. The van der Waals surface area contributed by atoms with Crippen molar-refractivity contribution in [3.05, 3.63) is 72.1 Å². The summed E-state index contributed by atoms with van der Waals surface area (Å²) in [5.41, 5.74) is 5.92. The van der Waals surface area contributed by atoms with Gasteiger partial charge in [-0.3, -0.25) is 4.90 Å². The predicted molar refractivity (Wildman–Crippen MR) is 134 cm³/mol. The molecular formula is C26H29N7O. The van der Waals surface area contributed by atoms with Crippen molar-refractivity contribution in [2.24, 2.45) is 15.5 Å². The van der Waals surface area contributed by atoms with E-state index < -0.39 is 0 Å². The van der Waals surface area contributed by atoms with Crippen molar-refractivity contribution in [2.45, 2.75) is 31.3 Å². The second kappa shape index (κ2) is 8.29. The van der Waals surface area contributed by atoms with E-state index in [1.165, 1.54) is 16.9 Å². The summed E-state index contributed by atoms with van der Waals surface area (Å²) in [5, 5.41) is 17.5. The molecule has 1 atom stereocenters. The van der Waals surface area contributed by atoms with Gasteiger partial charge in [0.1, 0.15) is 5.75 Å². The molecule has 8 heteroatoms. The highest BCUT2D eigenvalue weighted by Gasteiger charge is 2.42. The smallest absolute Gasteiger partial charge is 0.121 e. The molecule has 3 aromatic rings. The molecule has 0 amide bonds. The minimum Gasteiger partial charge on any atom is -0.497 e. The van der Waals surface area contributed by atoms with Gasteiger partial charge in [-0.2, -0.15) is 0 Å². The van der Waals surface area contributed by atoms with E-state index in [2.05, 4.69) is 92.0 Å². The lowest BCUT2D eigenvalue weighted by Gasteiger charge is -2.47. The van der Waals surface area contributed by atoms with E-state index in [1.807, 2.05) is 11.1 Å². The van der Waals surface area contributed by atoms with Gasteiger partial charge in [0.05, 0.1) is 42.5 Å². The first kappa shape index (κ1) is 20.9. The number of ether oxygens (including phenoxy) is 1. The first-order valence-corrected chi connectivity index (χ1v) is 11.9. The number of benzene rings is 2. The predicted octanol–water partition coefficient (Wildman–Crippen LogP) is 5.14. The zero-order valence-electron chi connectivity index (χ0n) is 19.6. The minimum absolute atomic E-state index is 0.0749. The van der Waals surface area contributed by atoms with E-state index in [4.69, 9.17) is 4.74 Å². The van der Waals surface area contributed by atoms with Crippen LogP contribution in [0.3, 0.4) is 0 Å². The highest BCUT2D eigenvalue weighted by Crippen LogP contribution is 2.45. The molecule has 3 aliphatic rings. The molecule has 4 heterocycles. The van der Waals surface area contributed by atoms with Gasteiger partial charge in [-0.1, -0.05) is 12.1 Å². The lowest BCUT2D eigenvalue weighted by Crippen LogP contribution is -2.50. The molecule has 3 aliphatic heterocycles. The molecule has 1 unspecified atom stereocenters. The fourth-order valence-electron chi connectivity index (χ4n) is 5.50. The first-order valence-electron chi connectivity index (χ1n) is 11.9. The number of hydrogen-bond acceptors (Lipinski definition) is 7. The summed E-state index contributed by atoms with van der Waals surface area (Å²) in [6.07, 6.45) is 6.02. The van der Waals surface area contributed by atoms with Crippen molar-refractivity contribution in [2.75, 3.05) is 37.1 Å². The van der Waals surface area contributed by atoms with Crippen molar-refractivity contribution < 1.29 is 4.74 Å². The quantitative estimate of drug-likeness (QED) is 0.592. The Morgan fingerprint density at radius 1 is 1.06 bits per heavy atom. The molecule has 1 fully saturated rings. The van der Waals surface area contributed by atoms with E-state index in [0.29, 0.717) is 12.6 Å². The van der Waals surface area contributed by atoms with Crippen LogP contribution in [0.2, 0.25) is 0 Å². The standard InChI is InChI=1S/C26H29N7O/c1-19(20-5-3-6-21(17-20)33-16-12-27-29-30-33)31-14-10-26(11-15-31)25-7-4-13-32(25)24-9-8-22(34-2)18-23(24)28-26/h3-9,12-13,17-19,28H,10-11,14-16H2,1-2H3. The van der Waals surface area contributed by atoms with Crippen LogP contribution in [0.5, 0.6) is 5.75 Å². The third kappa shape index (κ3) is 3.45. The van der Waals surface area contributed by atoms with Crippen LogP contribution < -0.4 is 15.1 Å². The van der Waals surface area contributed by atoms with Crippen LogP contribution in [-0.2, 0) is 5.54 Å². The molecule has 34 heavy (non-hydrogen) atoms. The Morgan fingerprint density at radius 3 is 2.74 bits per heavy atom. The maximum Gasteiger partial charge on any atom is 0.121 e. The van der Waals surface area contributed by atoms with E-state index in [9.17, 15) is 0 Å². The van der Waals surface area contributed by atoms with E-state index in [-0.39, 0.29) is 5.54 Å². The molecular weight excluding hydrogens is 426 g/mol. The number of likely N-dealkylation sites (tertiary alicyclic amines) is 1. The van der Waals surface area contributed by atoms with Gasteiger partial charge < -0.3 is 14.6 Å². The Kier molecular flexibility index (Phi) is 5.10. The minimum atomic E-state index is -0.0749. The monoisotopic (exact) mass is 455 g/mol. The molecule has 0 radical (unpaired) electrons. The van der Waals surface area contributed by atoms with Gasteiger partial charge in [-0.25, -0.2) is 5.01 Å². The van der Waals surface area contributed by atoms with Gasteiger partial charge in [-0.05, 0) is 72.2 Å². The van der Waals surface area contributed by atoms with Crippen molar-refractivity contribution in [1.29, 1.82) is 0 Å². The highest BCUT2D eigenvalue weighted by atomic mass is 16.5. The molecule has 1 N–H and O–H groups in total. The normalized spacial score (nSPS) is 19.4. The van der Waals surface area contributed by atoms with Crippen LogP contribution in [0.25, 0.3) is 5.69 Å². The fraction of sp³-hybridized carbons (Fsp3) is 0.346. The topological polar surface area (TPSA) is 69.8 Å². The molecule has 1 spiro atoms. The third-order valence-corrected chi connectivity index (χ3v) is 7.46. The number of methoxy groups -OCH3 is 1. The maximum atomic E-state index is 5.50. The van der Waals surface area contributed by atoms with E-state index in [0.717, 1.165) is 43.1 Å². The Bertz CT molecular complexity index is 1260. The lowest BCUT2D eigenvalue weighted by atomic mass is 9.81. The number of piperidine rings is 1. The van der Waals surface area contributed by atoms with Crippen LogP contribution in [0.15, 0.2) is 76.3 Å². The van der Waals surface area contributed by atoms with Crippen LogP contribution >= 0.6 is 0 Å². The van der Waals surface area contributed by atoms with E-state index in [1.54, 1.807) is 13.3 Å². The Hall–Kier alpha value is -3.65. The van der Waals surface area contributed by atoms with E-state index >= 15 is 0 Å². The number of aromatic nitrogens is 1. The summed E-state index contributed by atoms with van der Waals surface area (Å²) in [6, 6.07) is 19.6. The van der Waals surface area contributed by atoms with Crippen LogP contribution in [-0.4, -0.2) is 42.4 Å². The van der Waals surface area contributed by atoms with Crippen molar-refractivity contribution >= 4 is 17.6 Å². The molecule has 0 saturated carbocycles. The van der Waals surface area contributed by atoms with Crippen molar-refractivity contribution in [3.63, 3.8) is 0 Å². The first-order chi connectivity index (χ1) is 16.7. The number of hydrogen-bond donors (Lipinski definition) is 1. The Labute approximate surface area is 199 Å². The summed E-state index contributed by atoms with van der Waals surface area (Å²) in [7, 11) is 1.72. The second-order valence-electron chi connectivity index (χ2n) is 9.22. The molecule has 2 aromatic carbocycles. The van der Waals surface area contributed by atoms with Gasteiger partial charge in [0.25, 0.3) is 0 Å². The van der Waals surface area contributed by atoms with Crippen LogP contribution in [0, 0.1) is 0 Å². The highest BCUT2D eigenvalue weighted by molar-refractivity contribution is 5.69. The summed E-state index contributed by atoms with van der Waals surface area (Å²) in [4.78, 5) is 2.58. The molecule has 1 aromatic heterocycles. The molecule has 0 bridgehead atoms. The number of anilines is 2. The largest absolute Gasteiger partial charge is 0.497 e. The van der Waals surface area contributed by atoms with Gasteiger partial charge in [0.2, 0.25) is 0 Å². The molecule has 6 rings (SSSR count). The number of nitrogens with zero attached hydrogens (tertiary/aromatic N) is 6. The third-order valence-electron chi connectivity index (χ3n) is 7.46. The average Bonchev–Trinajstić information content (AvgIpc) is 3.41. The van der Waals surface area contributed by atoms with Crippen molar-refractivity contribution in [1.82, 2.24) is 9.47 Å². The average molecular weight is 456 g/mol. The summed E-state index contributed by atoms with van der Waals surface area (Å²) < 4.78 is 7.83. The maximum absolute atomic E-state index is 5.50. The zero-order valence-corrected chi connectivity index (χ0v) is 19.6. The fourth-order valence-corrected chi connectivity index (χ4v) is 5.50. The summed E-state index contributed by atoms with van der Waals surface area (Å²) >= 11 is 0. The Balaban J connectivity index is 1.22. The lowest BCUT2D eigenvalue weighted by molar-refractivity contribution is 0.129. The number of fused-ring (bicyclic) bond motifs is 4. The second-order valence-corrected chi connectivity index (χ2v) is 9.22. The summed E-state index contributed by atoms with van der Waals surface area (Å²) in [6.45, 7) is 4.97. The number of nitrogens with one attached hydrogen (secondary N) is 1. The molecule has 0 aliphatic carbocycles. The molecule has 174 valence electrons. The van der Waals surface area contributed by atoms with Crippen LogP contribution in [0.4, 0.5) is 11.4 Å². The number of rotatable bonds is 4. The molecule has 1 saturated heterocycles. The van der Waals surface area contributed by atoms with Crippen molar-refractivity contribution in [3.8, 4) is 11.4 Å². The Morgan fingerprint density at radius 2 is 1.94 bits per heavy atom. The summed E-state index contributed by atoms with van der Waals surface area (Å²) in [5.74, 6) is 0.877. The van der Waals surface area contributed by atoms with Gasteiger partial charge in [0.15, 0.2) is 0 Å². The van der Waals surface area contributed by atoms with Gasteiger partial charge in [-0.15, -0.1) is 5.10 Å².